The SMILES string of the molecule is CCOC(=O)Nc1ccc(NC(=O)c2c(C)cc(C3CCCNC3)oc2=O)cc1. The first-order chi connectivity index (χ1) is 14.0. The Bertz CT molecular complexity index is 930. The normalized spacial score (nSPS) is 16.1. The van der Waals surface area contributed by atoms with Gasteiger partial charge in [-0.15, -0.1) is 0 Å². The number of carbonyl (C=O) groups excluding carboxylic acids is 2. The highest BCUT2D eigenvalue weighted by molar-refractivity contribution is 6.05. The van der Waals surface area contributed by atoms with E-state index in [1.165, 1.54) is 0 Å². The molecule has 8 heteroatoms. The summed E-state index contributed by atoms with van der Waals surface area (Å²) in [5.74, 6) is 0.230. The number of amides is 2. The van der Waals surface area contributed by atoms with E-state index in [1.807, 2.05) is 0 Å². The summed E-state index contributed by atoms with van der Waals surface area (Å²) in [7, 11) is 0. The number of benzene rings is 1. The van der Waals surface area contributed by atoms with E-state index in [0.29, 0.717) is 22.7 Å². The van der Waals surface area contributed by atoms with Crippen LogP contribution in [0.2, 0.25) is 0 Å². The zero-order valence-electron chi connectivity index (χ0n) is 16.5. The molecule has 8 nitrogen and oxygen atoms in total. The molecule has 29 heavy (non-hydrogen) atoms. The molecule has 1 unspecified atom stereocenters. The van der Waals surface area contributed by atoms with Crippen molar-refractivity contribution >= 4 is 23.4 Å². The highest BCUT2D eigenvalue weighted by Crippen LogP contribution is 2.24. The van der Waals surface area contributed by atoms with Crippen LogP contribution in [-0.2, 0) is 4.74 Å². The molecule has 2 heterocycles. The molecule has 1 aliphatic rings. The van der Waals surface area contributed by atoms with E-state index in [2.05, 4.69) is 16.0 Å². The van der Waals surface area contributed by atoms with E-state index < -0.39 is 17.6 Å². The van der Waals surface area contributed by atoms with Crippen molar-refractivity contribution in [1.82, 2.24) is 5.32 Å². The van der Waals surface area contributed by atoms with Crippen molar-refractivity contribution < 1.29 is 18.7 Å². The third-order valence-electron chi connectivity index (χ3n) is 4.76. The van der Waals surface area contributed by atoms with Gasteiger partial charge in [-0.1, -0.05) is 0 Å². The molecule has 2 aromatic rings. The molecular weight excluding hydrogens is 374 g/mol. The summed E-state index contributed by atoms with van der Waals surface area (Å²) in [6.45, 7) is 5.46. The molecule has 3 rings (SSSR count). The molecular formula is C21H25N3O5. The van der Waals surface area contributed by atoms with Gasteiger partial charge in [0.2, 0.25) is 0 Å². The number of carbonyl (C=O) groups is 2. The van der Waals surface area contributed by atoms with Gasteiger partial charge in [0.15, 0.2) is 0 Å². The minimum atomic E-state index is -0.635. The Kier molecular flexibility index (Phi) is 6.66. The topological polar surface area (TPSA) is 110 Å². The molecule has 2 amide bonds. The van der Waals surface area contributed by atoms with Gasteiger partial charge < -0.3 is 19.8 Å². The van der Waals surface area contributed by atoms with Gasteiger partial charge >= 0.3 is 11.7 Å². The third-order valence-corrected chi connectivity index (χ3v) is 4.76. The number of anilines is 2. The number of hydrogen-bond donors (Lipinski definition) is 3. The van der Waals surface area contributed by atoms with Gasteiger partial charge in [-0.25, -0.2) is 9.59 Å². The van der Waals surface area contributed by atoms with Crippen molar-refractivity contribution in [1.29, 1.82) is 0 Å². The summed E-state index contributed by atoms with van der Waals surface area (Å²) in [6, 6.07) is 8.28. The van der Waals surface area contributed by atoms with Crippen molar-refractivity contribution in [2.75, 3.05) is 30.3 Å². The molecule has 1 saturated heterocycles. The summed E-state index contributed by atoms with van der Waals surface area (Å²) in [6.07, 6.45) is 1.43. The molecule has 1 fully saturated rings. The van der Waals surface area contributed by atoms with Crippen LogP contribution in [-0.4, -0.2) is 31.7 Å². The summed E-state index contributed by atoms with van der Waals surface area (Å²) < 4.78 is 10.3. The number of hydrogen-bond acceptors (Lipinski definition) is 6. The molecule has 3 N–H and O–H groups in total. The molecule has 0 radical (unpaired) electrons. The average molecular weight is 399 g/mol. The van der Waals surface area contributed by atoms with Crippen LogP contribution < -0.4 is 21.6 Å². The second-order valence-electron chi connectivity index (χ2n) is 6.91. The van der Waals surface area contributed by atoms with Crippen LogP contribution in [0.5, 0.6) is 0 Å². The highest BCUT2D eigenvalue weighted by Gasteiger charge is 2.22. The third kappa shape index (κ3) is 5.23. The van der Waals surface area contributed by atoms with Crippen molar-refractivity contribution in [3.8, 4) is 0 Å². The Morgan fingerprint density at radius 2 is 1.90 bits per heavy atom. The zero-order valence-corrected chi connectivity index (χ0v) is 16.5. The molecule has 0 aliphatic carbocycles. The number of aryl methyl sites for hydroxylation is 1. The second kappa shape index (κ2) is 9.38. The Hall–Kier alpha value is -3.13. The lowest BCUT2D eigenvalue weighted by molar-refractivity contribution is 0.102. The van der Waals surface area contributed by atoms with Gasteiger partial charge in [0, 0.05) is 23.8 Å². The molecule has 0 spiro atoms. The van der Waals surface area contributed by atoms with Crippen LogP contribution in [0.25, 0.3) is 0 Å². The smallest absolute Gasteiger partial charge is 0.411 e. The fourth-order valence-corrected chi connectivity index (χ4v) is 3.32. The van der Waals surface area contributed by atoms with Crippen molar-refractivity contribution in [3.05, 3.63) is 57.6 Å². The number of rotatable bonds is 5. The summed E-state index contributed by atoms with van der Waals surface area (Å²) in [5, 5.41) is 8.55. The molecule has 1 aromatic heterocycles. The first-order valence-corrected chi connectivity index (χ1v) is 9.68. The molecule has 1 atom stereocenters. The summed E-state index contributed by atoms with van der Waals surface area (Å²) >= 11 is 0. The average Bonchev–Trinajstić information content (AvgIpc) is 2.70. The number of ether oxygens (including phenoxy) is 1. The standard InChI is InChI=1S/C21H25N3O5/c1-3-28-21(27)24-16-8-6-15(7-9-16)23-19(25)18-13(2)11-17(29-20(18)26)14-5-4-10-22-12-14/h6-9,11,14,22H,3-5,10,12H2,1-2H3,(H,23,25)(H,24,27). The quantitative estimate of drug-likeness (QED) is 0.712. The maximum absolute atomic E-state index is 12.6. The predicted octanol–water partition coefficient (Wildman–Crippen LogP) is 3.24. The molecule has 154 valence electrons. The van der Waals surface area contributed by atoms with Gasteiger partial charge in [-0.3, -0.25) is 10.1 Å². The van der Waals surface area contributed by atoms with Crippen LogP contribution in [0.4, 0.5) is 16.2 Å². The lowest BCUT2D eigenvalue weighted by Crippen LogP contribution is -2.30. The van der Waals surface area contributed by atoms with E-state index >= 15 is 0 Å². The highest BCUT2D eigenvalue weighted by atomic mass is 16.5. The molecule has 1 aliphatic heterocycles. The van der Waals surface area contributed by atoms with Crippen LogP contribution in [0.15, 0.2) is 39.5 Å². The minimum absolute atomic E-state index is 0.00811. The van der Waals surface area contributed by atoms with Gasteiger partial charge in [-0.2, -0.15) is 0 Å². The van der Waals surface area contributed by atoms with Gasteiger partial charge in [0.05, 0.1) is 6.61 Å². The van der Waals surface area contributed by atoms with Gasteiger partial charge in [-0.05, 0) is 69.1 Å². The van der Waals surface area contributed by atoms with E-state index in [9.17, 15) is 14.4 Å². The second-order valence-corrected chi connectivity index (χ2v) is 6.91. The lowest BCUT2D eigenvalue weighted by atomic mass is 9.95. The number of piperidine rings is 1. The van der Waals surface area contributed by atoms with Gasteiger partial charge in [0.1, 0.15) is 11.3 Å². The Balaban J connectivity index is 1.70. The monoisotopic (exact) mass is 399 g/mol. The largest absolute Gasteiger partial charge is 0.450 e. The van der Waals surface area contributed by atoms with E-state index in [-0.39, 0.29) is 18.1 Å². The van der Waals surface area contributed by atoms with Crippen LogP contribution in [0.1, 0.15) is 47.4 Å². The Labute approximate surface area is 168 Å². The van der Waals surface area contributed by atoms with E-state index in [1.54, 1.807) is 44.2 Å². The van der Waals surface area contributed by atoms with Crippen molar-refractivity contribution in [3.63, 3.8) is 0 Å². The minimum Gasteiger partial charge on any atom is -0.450 e. The molecule has 0 bridgehead atoms. The first-order valence-electron chi connectivity index (χ1n) is 9.68. The molecule has 1 aromatic carbocycles. The summed E-state index contributed by atoms with van der Waals surface area (Å²) in [5.41, 5.74) is 0.959. The lowest BCUT2D eigenvalue weighted by Gasteiger charge is -2.22. The Morgan fingerprint density at radius 3 is 2.48 bits per heavy atom. The predicted molar refractivity (Wildman–Crippen MR) is 110 cm³/mol. The zero-order chi connectivity index (χ0) is 20.8. The van der Waals surface area contributed by atoms with Crippen molar-refractivity contribution in [2.24, 2.45) is 0 Å². The fourth-order valence-electron chi connectivity index (χ4n) is 3.32. The van der Waals surface area contributed by atoms with Crippen LogP contribution in [0.3, 0.4) is 0 Å². The van der Waals surface area contributed by atoms with E-state index in [0.717, 1.165) is 25.9 Å². The maximum atomic E-state index is 12.6. The molecule has 0 saturated carbocycles. The fraction of sp³-hybridized carbons (Fsp3) is 0.381. The van der Waals surface area contributed by atoms with Gasteiger partial charge in [0.25, 0.3) is 5.91 Å². The summed E-state index contributed by atoms with van der Waals surface area (Å²) in [4.78, 5) is 36.5. The maximum Gasteiger partial charge on any atom is 0.411 e. The Morgan fingerprint density at radius 1 is 1.21 bits per heavy atom. The first kappa shape index (κ1) is 20.6. The van der Waals surface area contributed by atoms with E-state index in [4.69, 9.17) is 9.15 Å². The van der Waals surface area contributed by atoms with Crippen LogP contribution >= 0.6 is 0 Å². The van der Waals surface area contributed by atoms with Crippen molar-refractivity contribution in [2.45, 2.75) is 32.6 Å². The number of nitrogens with one attached hydrogen (secondary N) is 3. The van der Waals surface area contributed by atoms with Crippen LogP contribution in [0, 0.1) is 6.92 Å².